The minimum Gasteiger partial charge on any atom is -0.469 e. The molecule has 1 atom stereocenters. The summed E-state index contributed by atoms with van der Waals surface area (Å²) in [5.41, 5.74) is 4.56. The van der Waals surface area contributed by atoms with Gasteiger partial charge in [0.2, 0.25) is 0 Å². The molecule has 0 radical (unpaired) electrons. The molecule has 1 N–H and O–H groups in total. The first-order valence-electron chi connectivity index (χ1n) is 7.30. The van der Waals surface area contributed by atoms with E-state index in [0.29, 0.717) is 0 Å². The summed E-state index contributed by atoms with van der Waals surface area (Å²) in [5.74, 6) is 0.942. The lowest BCUT2D eigenvalue weighted by Gasteiger charge is -2.16. The summed E-state index contributed by atoms with van der Waals surface area (Å²) in [6, 6.07) is 18.5. The van der Waals surface area contributed by atoms with Crippen LogP contribution in [0.3, 0.4) is 0 Å². The number of hydrogen-bond donors (Lipinski definition) is 1. The Kier molecular flexibility index (Phi) is 4.21. The van der Waals surface area contributed by atoms with Crippen molar-refractivity contribution in [3.05, 3.63) is 77.2 Å². The molecule has 0 spiro atoms. The highest BCUT2D eigenvalue weighted by molar-refractivity contribution is 6.30. The molecule has 2 aromatic carbocycles. The van der Waals surface area contributed by atoms with E-state index < -0.39 is 0 Å². The van der Waals surface area contributed by atoms with Crippen molar-refractivity contribution in [2.75, 3.05) is 5.32 Å². The zero-order valence-electron chi connectivity index (χ0n) is 12.6. The van der Waals surface area contributed by atoms with Crippen molar-refractivity contribution < 1.29 is 4.42 Å². The fraction of sp³-hybridized carbons (Fsp3) is 0.158. The summed E-state index contributed by atoms with van der Waals surface area (Å²) < 4.78 is 5.36. The van der Waals surface area contributed by atoms with E-state index in [1.807, 2.05) is 37.3 Å². The second-order valence-corrected chi connectivity index (χ2v) is 5.83. The van der Waals surface area contributed by atoms with Gasteiger partial charge in [0.1, 0.15) is 5.76 Å². The maximum atomic E-state index is 6.02. The molecule has 3 heteroatoms. The standard InChI is InChI=1S/C19H18ClNO/c1-13(21-18-5-3-4-17(20)12-18)15-6-8-16(9-7-15)19-10-11-22-14(19)2/h3-13,21H,1-2H3. The molecule has 2 nitrogen and oxygen atoms in total. The Bertz CT molecular complexity index is 761. The van der Waals surface area contributed by atoms with Gasteiger partial charge in [-0.3, -0.25) is 0 Å². The molecule has 1 unspecified atom stereocenters. The minimum absolute atomic E-state index is 0.206. The van der Waals surface area contributed by atoms with Crippen LogP contribution in [0.4, 0.5) is 5.69 Å². The zero-order valence-corrected chi connectivity index (χ0v) is 13.4. The molecule has 22 heavy (non-hydrogen) atoms. The Hall–Kier alpha value is -2.19. The Morgan fingerprint density at radius 2 is 1.82 bits per heavy atom. The van der Waals surface area contributed by atoms with Crippen LogP contribution in [0.25, 0.3) is 11.1 Å². The maximum absolute atomic E-state index is 6.02. The Morgan fingerprint density at radius 3 is 2.45 bits per heavy atom. The molecule has 3 rings (SSSR count). The fourth-order valence-electron chi connectivity index (χ4n) is 2.55. The number of nitrogens with one attached hydrogen (secondary N) is 1. The van der Waals surface area contributed by atoms with Crippen LogP contribution in [0.15, 0.2) is 65.3 Å². The van der Waals surface area contributed by atoms with Crippen molar-refractivity contribution in [1.29, 1.82) is 0 Å². The van der Waals surface area contributed by atoms with Crippen molar-refractivity contribution in [2.24, 2.45) is 0 Å². The van der Waals surface area contributed by atoms with E-state index in [9.17, 15) is 0 Å². The lowest BCUT2D eigenvalue weighted by Crippen LogP contribution is -2.06. The lowest BCUT2D eigenvalue weighted by molar-refractivity contribution is 0.535. The summed E-state index contributed by atoms with van der Waals surface area (Å²) in [6.07, 6.45) is 1.72. The lowest BCUT2D eigenvalue weighted by atomic mass is 10.0. The zero-order chi connectivity index (χ0) is 15.5. The average molecular weight is 312 g/mol. The van der Waals surface area contributed by atoms with Crippen molar-refractivity contribution in [3.63, 3.8) is 0 Å². The van der Waals surface area contributed by atoms with E-state index in [-0.39, 0.29) is 6.04 Å². The summed E-state index contributed by atoms with van der Waals surface area (Å²) in [6.45, 7) is 4.12. The van der Waals surface area contributed by atoms with Gasteiger partial charge in [-0.15, -0.1) is 0 Å². The number of rotatable bonds is 4. The number of halogens is 1. The molecular formula is C19H18ClNO. The Labute approximate surface area is 135 Å². The SMILES string of the molecule is Cc1occc1-c1ccc(C(C)Nc2cccc(Cl)c2)cc1. The quantitative estimate of drug-likeness (QED) is 0.631. The van der Waals surface area contributed by atoms with E-state index >= 15 is 0 Å². The van der Waals surface area contributed by atoms with Gasteiger partial charge in [-0.1, -0.05) is 41.9 Å². The molecular weight excluding hydrogens is 294 g/mol. The number of hydrogen-bond acceptors (Lipinski definition) is 2. The highest BCUT2D eigenvalue weighted by atomic mass is 35.5. The van der Waals surface area contributed by atoms with Gasteiger partial charge in [0, 0.05) is 22.3 Å². The fourth-order valence-corrected chi connectivity index (χ4v) is 2.74. The molecule has 0 saturated heterocycles. The molecule has 1 aromatic heterocycles. The van der Waals surface area contributed by atoms with Gasteiger partial charge in [-0.2, -0.15) is 0 Å². The summed E-state index contributed by atoms with van der Waals surface area (Å²) in [7, 11) is 0. The summed E-state index contributed by atoms with van der Waals surface area (Å²) in [4.78, 5) is 0. The van der Waals surface area contributed by atoms with E-state index in [1.165, 1.54) is 11.1 Å². The van der Waals surface area contributed by atoms with E-state index in [0.717, 1.165) is 22.0 Å². The van der Waals surface area contributed by atoms with Gasteiger partial charge in [0.05, 0.1) is 6.26 Å². The van der Waals surface area contributed by atoms with Crippen molar-refractivity contribution in [2.45, 2.75) is 19.9 Å². The third kappa shape index (κ3) is 3.18. The highest BCUT2D eigenvalue weighted by Gasteiger charge is 2.08. The molecule has 0 aliphatic rings. The third-order valence-electron chi connectivity index (χ3n) is 3.79. The maximum Gasteiger partial charge on any atom is 0.108 e. The third-order valence-corrected chi connectivity index (χ3v) is 4.02. The second-order valence-electron chi connectivity index (χ2n) is 5.39. The van der Waals surface area contributed by atoms with E-state index in [1.54, 1.807) is 6.26 Å². The van der Waals surface area contributed by atoms with Crippen LogP contribution in [-0.2, 0) is 0 Å². The second kappa shape index (κ2) is 6.29. The van der Waals surface area contributed by atoms with Crippen LogP contribution in [0.2, 0.25) is 5.02 Å². The average Bonchev–Trinajstić information content (AvgIpc) is 2.93. The number of aryl methyl sites for hydroxylation is 1. The number of furan rings is 1. The van der Waals surface area contributed by atoms with Crippen LogP contribution in [0, 0.1) is 6.92 Å². The van der Waals surface area contributed by atoms with Gasteiger partial charge in [0.15, 0.2) is 0 Å². The molecule has 0 aliphatic carbocycles. The first-order valence-corrected chi connectivity index (χ1v) is 7.68. The smallest absolute Gasteiger partial charge is 0.108 e. The molecule has 0 aliphatic heterocycles. The normalized spacial score (nSPS) is 12.1. The van der Waals surface area contributed by atoms with Gasteiger partial charge in [-0.05, 0) is 49.2 Å². The highest BCUT2D eigenvalue weighted by Crippen LogP contribution is 2.27. The van der Waals surface area contributed by atoms with E-state index in [2.05, 4.69) is 36.5 Å². The molecule has 0 fully saturated rings. The van der Waals surface area contributed by atoms with Crippen molar-refractivity contribution >= 4 is 17.3 Å². The van der Waals surface area contributed by atoms with Crippen LogP contribution in [-0.4, -0.2) is 0 Å². The minimum atomic E-state index is 0.206. The van der Waals surface area contributed by atoms with Crippen LogP contribution < -0.4 is 5.32 Å². The van der Waals surface area contributed by atoms with Crippen LogP contribution >= 0.6 is 11.6 Å². The Balaban J connectivity index is 1.76. The largest absolute Gasteiger partial charge is 0.469 e. The van der Waals surface area contributed by atoms with Crippen molar-refractivity contribution in [1.82, 2.24) is 0 Å². The van der Waals surface area contributed by atoms with E-state index in [4.69, 9.17) is 16.0 Å². The van der Waals surface area contributed by atoms with Gasteiger partial charge < -0.3 is 9.73 Å². The Morgan fingerprint density at radius 1 is 1.05 bits per heavy atom. The molecule has 0 amide bonds. The van der Waals surface area contributed by atoms with Gasteiger partial charge in [-0.25, -0.2) is 0 Å². The summed E-state index contributed by atoms with van der Waals surface area (Å²) in [5, 5.41) is 4.20. The molecule has 3 aromatic rings. The molecule has 1 heterocycles. The molecule has 0 saturated carbocycles. The summed E-state index contributed by atoms with van der Waals surface area (Å²) >= 11 is 6.02. The molecule has 0 bridgehead atoms. The van der Waals surface area contributed by atoms with Gasteiger partial charge in [0.25, 0.3) is 0 Å². The molecule has 112 valence electrons. The number of anilines is 1. The van der Waals surface area contributed by atoms with Gasteiger partial charge >= 0.3 is 0 Å². The first kappa shape index (κ1) is 14.7. The van der Waals surface area contributed by atoms with Crippen LogP contribution in [0.1, 0.15) is 24.3 Å². The monoisotopic (exact) mass is 311 g/mol. The van der Waals surface area contributed by atoms with Crippen LogP contribution in [0.5, 0.6) is 0 Å². The van der Waals surface area contributed by atoms with Crippen molar-refractivity contribution in [3.8, 4) is 11.1 Å². The first-order chi connectivity index (χ1) is 10.6. The topological polar surface area (TPSA) is 25.2 Å². The predicted molar refractivity (Wildman–Crippen MR) is 92.4 cm³/mol. The predicted octanol–water partition coefficient (Wildman–Crippen LogP) is 6.08. The number of benzene rings is 2.